The van der Waals surface area contributed by atoms with Crippen LogP contribution in [0.5, 0.6) is 0 Å². The van der Waals surface area contributed by atoms with Crippen molar-refractivity contribution >= 4 is 43.6 Å². The molecule has 0 radical (unpaired) electrons. The number of benzene rings is 2. The molecule has 11 nitrogen and oxygen atoms in total. The van der Waals surface area contributed by atoms with Crippen LogP contribution in [0.4, 0.5) is 14.5 Å². The Bertz CT molecular complexity index is 2450. The number of fused-ring (bicyclic) bond motifs is 2. The second kappa shape index (κ2) is 12.4. The molecule has 7 aromatic rings. The van der Waals surface area contributed by atoms with Gasteiger partial charge >= 0.3 is 0 Å². The molecule has 3 N–H and O–H groups in total. The summed E-state index contributed by atoms with van der Waals surface area (Å²) in [6, 6.07) is 17.0. The molecule has 1 amide bonds. The Labute approximate surface area is 272 Å². The van der Waals surface area contributed by atoms with E-state index in [0.717, 1.165) is 11.8 Å². The number of H-pyrrole nitrogens is 2. The van der Waals surface area contributed by atoms with Crippen molar-refractivity contribution in [2.45, 2.75) is 12.8 Å². The minimum Gasteiger partial charge on any atom is -0.335 e. The van der Waals surface area contributed by atoms with Crippen molar-refractivity contribution in [3.8, 4) is 33.8 Å². The molecule has 14 heteroatoms. The lowest BCUT2D eigenvalue weighted by Crippen LogP contribution is -2.14. The Morgan fingerprint density at radius 2 is 1.73 bits per heavy atom. The highest BCUT2D eigenvalue weighted by Gasteiger charge is 2.22. The summed E-state index contributed by atoms with van der Waals surface area (Å²) in [5.74, 6) is -1.29. The summed E-state index contributed by atoms with van der Waals surface area (Å²) < 4.78 is 54.3. The van der Waals surface area contributed by atoms with Crippen LogP contribution in [0.15, 0.2) is 85.5 Å². The molecule has 240 valence electrons. The van der Waals surface area contributed by atoms with Gasteiger partial charge in [-0.15, -0.1) is 0 Å². The maximum absolute atomic E-state index is 16.3. The van der Waals surface area contributed by atoms with Crippen LogP contribution in [0.1, 0.15) is 11.1 Å². The first-order chi connectivity index (χ1) is 23.1. The minimum absolute atomic E-state index is 0.0699. The number of rotatable bonds is 9. The lowest BCUT2D eigenvalue weighted by atomic mass is 10.0. The van der Waals surface area contributed by atoms with E-state index in [-0.39, 0.29) is 52.6 Å². The van der Waals surface area contributed by atoms with Gasteiger partial charge in [0.2, 0.25) is 5.91 Å². The number of nitrogens with zero attached hydrogens (tertiary/aromatic N) is 5. The topological polar surface area (TPSA) is 159 Å². The average Bonchev–Trinajstić information content (AvgIpc) is 3.69. The Morgan fingerprint density at radius 1 is 0.896 bits per heavy atom. The van der Waals surface area contributed by atoms with Crippen LogP contribution in [-0.4, -0.2) is 61.5 Å². The molecule has 0 spiro atoms. The van der Waals surface area contributed by atoms with Crippen LogP contribution in [0, 0.1) is 11.6 Å². The van der Waals surface area contributed by atoms with E-state index in [1.165, 1.54) is 36.9 Å². The fraction of sp³-hybridized carbons (Fsp3) is 0.118. The molecule has 0 aliphatic heterocycles. The number of anilines is 1. The zero-order chi connectivity index (χ0) is 33.4. The Morgan fingerprint density at radius 3 is 2.54 bits per heavy atom. The molecule has 2 aromatic carbocycles. The molecule has 0 unspecified atom stereocenters. The molecule has 0 bridgehead atoms. The van der Waals surface area contributed by atoms with Crippen molar-refractivity contribution < 1.29 is 22.0 Å². The van der Waals surface area contributed by atoms with Crippen molar-refractivity contribution in [2.24, 2.45) is 0 Å². The van der Waals surface area contributed by atoms with Gasteiger partial charge < -0.3 is 10.3 Å². The smallest absolute Gasteiger partial charge is 0.228 e. The SMILES string of the molecule is CS(=O)(=O)CCc1cc(F)cc(-c2ccnc3nc(-c4[nH]nc5ncc(-c6cncc(NC(=O)Cc7ccccc7)c6)c(F)c45)[nH]c23)c1. The molecule has 0 aliphatic rings. The van der Waals surface area contributed by atoms with Crippen LogP contribution in [0.25, 0.3) is 56.0 Å². The van der Waals surface area contributed by atoms with Gasteiger partial charge in [0.15, 0.2) is 17.1 Å². The summed E-state index contributed by atoms with van der Waals surface area (Å²) in [5.41, 5.74) is 4.43. The predicted octanol–water partition coefficient (Wildman–Crippen LogP) is 5.67. The normalized spacial score (nSPS) is 11.7. The standard InChI is InChI=1S/C34H26F2N8O3S/c1-48(46,47)10-8-20-11-21(14-23(35)12-20)25-7-9-38-33-30(25)41-34(42-33)31-28-29(36)26(18-39-32(28)44-43-31)22-15-24(17-37-16-22)40-27(45)13-19-5-3-2-4-6-19/h2-7,9,11-12,14-18H,8,10,13H2,1H3,(H,40,45)(H,38,41,42)(H,39,43,44). The quantitative estimate of drug-likeness (QED) is 0.178. The highest BCUT2D eigenvalue weighted by atomic mass is 32.2. The van der Waals surface area contributed by atoms with Crippen LogP contribution in [0.2, 0.25) is 0 Å². The summed E-state index contributed by atoms with van der Waals surface area (Å²) >= 11 is 0. The fourth-order valence-corrected chi connectivity index (χ4v) is 6.10. The number of amides is 1. The molecular formula is C34H26F2N8O3S. The summed E-state index contributed by atoms with van der Waals surface area (Å²) in [6.07, 6.45) is 7.27. The molecule has 0 fully saturated rings. The summed E-state index contributed by atoms with van der Waals surface area (Å²) in [6.45, 7) is 0. The minimum atomic E-state index is -3.24. The lowest BCUT2D eigenvalue weighted by Gasteiger charge is -2.08. The summed E-state index contributed by atoms with van der Waals surface area (Å²) in [4.78, 5) is 33.2. The number of hydrogen-bond donors (Lipinski definition) is 3. The van der Waals surface area contributed by atoms with E-state index in [0.29, 0.717) is 39.1 Å². The van der Waals surface area contributed by atoms with E-state index in [1.807, 2.05) is 30.3 Å². The Hall–Kier alpha value is -5.89. The van der Waals surface area contributed by atoms with Gasteiger partial charge in [0, 0.05) is 41.5 Å². The fourth-order valence-electron chi connectivity index (χ4n) is 5.49. The molecule has 0 atom stereocenters. The molecule has 0 aliphatic carbocycles. The van der Waals surface area contributed by atoms with E-state index in [1.54, 1.807) is 18.2 Å². The second-order valence-corrected chi connectivity index (χ2v) is 13.6. The van der Waals surface area contributed by atoms with E-state index in [4.69, 9.17) is 0 Å². The zero-order valence-corrected chi connectivity index (χ0v) is 26.1. The number of aryl methyl sites for hydroxylation is 1. The van der Waals surface area contributed by atoms with Gasteiger partial charge in [-0.2, -0.15) is 5.10 Å². The monoisotopic (exact) mass is 664 g/mol. The third-order valence-electron chi connectivity index (χ3n) is 7.72. The third-order valence-corrected chi connectivity index (χ3v) is 8.66. The molecular weight excluding hydrogens is 638 g/mol. The number of carbonyl (C=O) groups is 1. The first-order valence-corrected chi connectivity index (χ1v) is 16.8. The first-order valence-electron chi connectivity index (χ1n) is 14.8. The predicted molar refractivity (Wildman–Crippen MR) is 178 cm³/mol. The van der Waals surface area contributed by atoms with E-state index >= 15 is 4.39 Å². The average molecular weight is 665 g/mol. The van der Waals surface area contributed by atoms with Crippen molar-refractivity contribution in [1.29, 1.82) is 0 Å². The number of hydrogen-bond acceptors (Lipinski definition) is 8. The number of sulfone groups is 1. The largest absolute Gasteiger partial charge is 0.335 e. The van der Waals surface area contributed by atoms with Gasteiger partial charge in [-0.1, -0.05) is 36.4 Å². The van der Waals surface area contributed by atoms with E-state index in [9.17, 15) is 17.6 Å². The molecule has 0 saturated carbocycles. The number of imidazole rings is 1. The van der Waals surface area contributed by atoms with Gasteiger partial charge in [0.25, 0.3) is 0 Å². The van der Waals surface area contributed by atoms with Crippen LogP contribution >= 0.6 is 0 Å². The molecule has 5 aromatic heterocycles. The maximum atomic E-state index is 16.3. The third kappa shape index (κ3) is 6.37. The van der Waals surface area contributed by atoms with Gasteiger partial charge in [-0.05, 0) is 47.4 Å². The number of carbonyl (C=O) groups excluding carboxylic acids is 1. The van der Waals surface area contributed by atoms with Crippen LogP contribution < -0.4 is 5.32 Å². The molecule has 7 rings (SSSR count). The van der Waals surface area contributed by atoms with Gasteiger partial charge in [-0.25, -0.2) is 32.2 Å². The number of aromatic nitrogens is 7. The maximum Gasteiger partial charge on any atom is 0.228 e. The number of pyridine rings is 3. The lowest BCUT2D eigenvalue weighted by molar-refractivity contribution is -0.115. The molecule has 0 saturated heterocycles. The second-order valence-electron chi connectivity index (χ2n) is 11.3. The zero-order valence-electron chi connectivity index (χ0n) is 25.3. The van der Waals surface area contributed by atoms with Crippen molar-refractivity contribution in [2.75, 3.05) is 17.3 Å². The first kappa shape index (κ1) is 30.7. The molecule has 5 heterocycles. The van der Waals surface area contributed by atoms with Gasteiger partial charge in [-0.3, -0.25) is 14.9 Å². The van der Waals surface area contributed by atoms with E-state index in [2.05, 4.69) is 40.4 Å². The van der Waals surface area contributed by atoms with Gasteiger partial charge in [0.05, 0.1) is 35.0 Å². The highest BCUT2D eigenvalue weighted by Crippen LogP contribution is 2.35. The van der Waals surface area contributed by atoms with Crippen molar-refractivity contribution in [3.63, 3.8) is 0 Å². The highest BCUT2D eigenvalue weighted by molar-refractivity contribution is 7.90. The summed E-state index contributed by atoms with van der Waals surface area (Å²) in [7, 11) is -3.24. The van der Waals surface area contributed by atoms with Crippen molar-refractivity contribution in [1.82, 2.24) is 35.1 Å². The number of halogens is 2. The van der Waals surface area contributed by atoms with Crippen molar-refractivity contribution in [3.05, 3.63) is 108 Å². The van der Waals surface area contributed by atoms with Crippen LogP contribution in [0.3, 0.4) is 0 Å². The number of nitrogens with one attached hydrogen (secondary N) is 3. The molecule has 48 heavy (non-hydrogen) atoms. The van der Waals surface area contributed by atoms with Crippen LogP contribution in [-0.2, 0) is 27.5 Å². The van der Waals surface area contributed by atoms with E-state index < -0.39 is 21.5 Å². The summed E-state index contributed by atoms with van der Waals surface area (Å²) in [5, 5.41) is 9.87. The Kier molecular flexibility index (Phi) is 7.93. The number of aromatic amines is 2. The van der Waals surface area contributed by atoms with Gasteiger partial charge in [0.1, 0.15) is 27.2 Å². The Balaban J connectivity index is 1.22.